The molecule has 0 bridgehead atoms. The van der Waals surface area contributed by atoms with Crippen LogP contribution in [0, 0.1) is 0 Å². The average Bonchev–Trinajstić information content (AvgIpc) is 3.10. The Morgan fingerprint density at radius 1 is 1.28 bits per heavy atom. The minimum Gasteiger partial charge on any atom is -0.478 e. The van der Waals surface area contributed by atoms with Gasteiger partial charge in [0, 0.05) is 37.7 Å². The van der Waals surface area contributed by atoms with Gasteiger partial charge in [-0.1, -0.05) is 11.2 Å². The van der Waals surface area contributed by atoms with Gasteiger partial charge in [0.25, 0.3) is 5.91 Å². The highest BCUT2D eigenvalue weighted by Gasteiger charge is 2.26. The molecule has 1 N–H and O–H groups in total. The molecule has 1 aliphatic heterocycles. The summed E-state index contributed by atoms with van der Waals surface area (Å²) in [7, 11) is 1.60. The van der Waals surface area contributed by atoms with Crippen LogP contribution < -0.4 is 0 Å². The van der Waals surface area contributed by atoms with Crippen molar-refractivity contribution < 1.29 is 24.0 Å². The summed E-state index contributed by atoms with van der Waals surface area (Å²) in [6, 6.07) is 8.05. The number of amides is 1. The molecule has 0 spiro atoms. The zero-order chi connectivity index (χ0) is 17.8. The van der Waals surface area contributed by atoms with Crippen molar-refractivity contribution in [2.24, 2.45) is 0 Å². The van der Waals surface area contributed by atoms with E-state index in [1.54, 1.807) is 24.1 Å². The molecule has 3 rings (SSSR count). The number of aromatic carboxylic acids is 1. The molecule has 0 aliphatic carbocycles. The number of ether oxygens (including phenoxy) is 1. The Labute approximate surface area is 145 Å². The highest BCUT2D eigenvalue weighted by atomic mass is 16.5. The number of carbonyl (C=O) groups is 2. The normalized spacial score (nSPS) is 15.3. The van der Waals surface area contributed by atoms with Crippen molar-refractivity contribution in [2.45, 2.75) is 25.4 Å². The van der Waals surface area contributed by atoms with E-state index >= 15 is 0 Å². The Morgan fingerprint density at radius 3 is 2.68 bits per heavy atom. The number of aromatic nitrogens is 1. The second-order valence-electron chi connectivity index (χ2n) is 6.10. The van der Waals surface area contributed by atoms with Crippen LogP contribution >= 0.6 is 0 Å². The fraction of sp³-hybridized carbons (Fsp3) is 0.389. The zero-order valence-electron chi connectivity index (χ0n) is 14.0. The molecule has 1 aliphatic rings. The van der Waals surface area contributed by atoms with Gasteiger partial charge in [0.1, 0.15) is 6.61 Å². The van der Waals surface area contributed by atoms with Crippen molar-refractivity contribution in [2.75, 3.05) is 20.2 Å². The second-order valence-corrected chi connectivity index (χ2v) is 6.10. The number of nitrogens with zero attached hydrogens (tertiary/aromatic N) is 2. The number of hydrogen-bond acceptors (Lipinski definition) is 5. The van der Waals surface area contributed by atoms with Gasteiger partial charge in [-0.05, 0) is 31.0 Å². The number of benzene rings is 1. The van der Waals surface area contributed by atoms with Crippen LogP contribution in [0.3, 0.4) is 0 Å². The fourth-order valence-electron chi connectivity index (χ4n) is 3.08. The standard InChI is InChI=1S/C18H20N2O5/c1-24-11-15-10-16(19-25-15)12-5-7-20(8-6-12)17(21)13-3-2-4-14(9-13)18(22)23/h2-4,9-10,12H,5-8,11H2,1H3,(H,22,23). The second kappa shape index (κ2) is 7.48. The first kappa shape index (κ1) is 17.2. The first-order valence-electron chi connectivity index (χ1n) is 8.15. The first-order valence-corrected chi connectivity index (χ1v) is 8.15. The van der Waals surface area contributed by atoms with E-state index in [2.05, 4.69) is 5.16 Å². The number of rotatable bonds is 5. The Balaban J connectivity index is 1.62. The maximum Gasteiger partial charge on any atom is 0.335 e. The van der Waals surface area contributed by atoms with Crippen molar-refractivity contribution >= 4 is 11.9 Å². The van der Waals surface area contributed by atoms with Gasteiger partial charge in [-0.15, -0.1) is 0 Å². The molecular formula is C18H20N2O5. The summed E-state index contributed by atoms with van der Waals surface area (Å²) < 4.78 is 10.3. The lowest BCUT2D eigenvalue weighted by atomic mass is 9.93. The van der Waals surface area contributed by atoms with E-state index in [-0.39, 0.29) is 17.4 Å². The van der Waals surface area contributed by atoms with E-state index in [0.717, 1.165) is 18.5 Å². The smallest absolute Gasteiger partial charge is 0.335 e. The summed E-state index contributed by atoms with van der Waals surface area (Å²) in [5.74, 6) is -0.224. The summed E-state index contributed by atoms with van der Waals surface area (Å²) >= 11 is 0. The van der Waals surface area contributed by atoms with Gasteiger partial charge >= 0.3 is 5.97 Å². The fourth-order valence-corrected chi connectivity index (χ4v) is 3.08. The van der Waals surface area contributed by atoms with Crippen LogP contribution in [0.2, 0.25) is 0 Å². The number of methoxy groups -OCH3 is 1. The molecule has 1 aromatic heterocycles. The minimum atomic E-state index is -1.04. The van der Waals surface area contributed by atoms with Crippen LogP contribution in [0.15, 0.2) is 34.9 Å². The van der Waals surface area contributed by atoms with Gasteiger partial charge in [0.2, 0.25) is 0 Å². The largest absolute Gasteiger partial charge is 0.478 e. The maximum absolute atomic E-state index is 12.6. The predicted molar refractivity (Wildman–Crippen MR) is 88.5 cm³/mol. The van der Waals surface area contributed by atoms with E-state index < -0.39 is 5.97 Å². The molecule has 2 aromatic rings. The molecule has 2 heterocycles. The Hall–Kier alpha value is -2.67. The third kappa shape index (κ3) is 3.88. The van der Waals surface area contributed by atoms with Crippen molar-refractivity contribution in [1.82, 2.24) is 10.1 Å². The number of carbonyl (C=O) groups excluding carboxylic acids is 1. The lowest BCUT2D eigenvalue weighted by Crippen LogP contribution is -2.38. The lowest BCUT2D eigenvalue weighted by molar-refractivity contribution is 0.0697. The van der Waals surface area contributed by atoms with Gasteiger partial charge in [0.05, 0.1) is 11.3 Å². The Morgan fingerprint density at radius 2 is 2.00 bits per heavy atom. The Bertz CT molecular complexity index is 762. The van der Waals surface area contributed by atoms with Crippen LogP contribution in [0.5, 0.6) is 0 Å². The van der Waals surface area contributed by atoms with Crippen molar-refractivity contribution in [1.29, 1.82) is 0 Å². The van der Waals surface area contributed by atoms with Crippen LogP contribution in [0.4, 0.5) is 0 Å². The van der Waals surface area contributed by atoms with Crippen molar-refractivity contribution in [3.05, 3.63) is 52.9 Å². The molecule has 0 unspecified atom stereocenters. The summed E-state index contributed by atoms with van der Waals surface area (Å²) in [5, 5.41) is 13.1. The quantitative estimate of drug-likeness (QED) is 0.896. The molecule has 25 heavy (non-hydrogen) atoms. The van der Waals surface area contributed by atoms with Gasteiger partial charge < -0.3 is 19.3 Å². The molecule has 1 fully saturated rings. The first-order chi connectivity index (χ1) is 12.1. The predicted octanol–water partition coefficient (Wildman–Crippen LogP) is 2.54. The highest BCUT2D eigenvalue weighted by molar-refractivity contribution is 5.97. The summed E-state index contributed by atoms with van der Waals surface area (Å²) in [4.78, 5) is 25.4. The molecule has 0 radical (unpaired) electrons. The molecule has 0 atom stereocenters. The summed E-state index contributed by atoms with van der Waals surface area (Å²) in [6.07, 6.45) is 1.59. The number of likely N-dealkylation sites (tertiary alicyclic amines) is 1. The maximum atomic E-state index is 12.6. The van der Waals surface area contributed by atoms with Crippen LogP contribution in [0.25, 0.3) is 0 Å². The number of carboxylic acid groups (broad SMARTS) is 1. The zero-order valence-corrected chi connectivity index (χ0v) is 14.0. The molecule has 1 aromatic carbocycles. The number of carboxylic acids is 1. The van der Waals surface area contributed by atoms with E-state index in [4.69, 9.17) is 14.4 Å². The van der Waals surface area contributed by atoms with Crippen LogP contribution in [-0.2, 0) is 11.3 Å². The molecular weight excluding hydrogens is 324 g/mol. The van der Waals surface area contributed by atoms with Gasteiger partial charge in [-0.2, -0.15) is 0 Å². The van der Waals surface area contributed by atoms with E-state index in [0.29, 0.717) is 31.0 Å². The summed E-state index contributed by atoms with van der Waals surface area (Å²) in [5.41, 5.74) is 1.42. The average molecular weight is 344 g/mol. The Kier molecular flexibility index (Phi) is 5.14. The third-order valence-electron chi connectivity index (χ3n) is 4.42. The van der Waals surface area contributed by atoms with Crippen LogP contribution in [0.1, 0.15) is 50.9 Å². The summed E-state index contributed by atoms with van der Waals surface area (Å²) in [6.45, 7) is 1.60. The molecule has 132 valence electrons. The van der Waals surface area contributed by atoms with Crippen molar-refractivity contribution in [3.63, 3.8) is 0 Å². The molecule has 7 heteroatoms. The topological polar surface area (TPSA) is 92.9 Å². The molecule has 0 saturated carbocycles. The number of piperidine rings is 1. The molecule has 1 saturated heterocycles. The van der Waals surface area contributed by atoms with E-state index in [1.807, 2.05) is 6.07 Å². The van der Waals surface area contributed by atoms with Crippen LogP contribution in [-0.4, -0.2) is 47.2 Å². The SMILES string of the molecule is COCc1cc(C2CCN(C(=O)c3cccc(C(=O)O)c3)CC2)no1. The minimum absolute atomic E-state index is 0.119. The van der Waals surface area contributed by atoms with Gasteiger partial charge in [0.15, 0.2) is 5.76 Å². The van der Waals surface area contributed by atoms with E-state index in [1.165, 1.54) is 12.1 Å². The highest BCUT2D eigenvalue weighted by Crippen LogP contribution is 2.28. The monoisotopic (exact) mass is 344 g/mol. The third-order valence-corrected chi connectivity index (χ3v) is 4.42. The van der Waals surface area contributed by atoms with E-state index in [9.17, 15) is 9.59 Å². The van der Waals surface area contributed by atoms with Gasteiger partial charge in [-0.25, -0.2) is 4.79 Å². The van der Waals surface area contributed by atoms with Crippen molar-refractivity contribution in [3.8, 4) is 0 Å². The van der Waals surface area contributed by atoms with Gasteiger partial charge in [-0.3, -0.25) is 4.79 Å². The molecule has 7 nitrogen and oxygen atoms in total. The molecule has 1 amide bonds. The lowest BCUT2D eigenvalue weighted by Gasteiger charge is -2.31. The number of hydrogen-bond donors (Lipinski definition) is 1.